The van der Waals surface area contributed by atoms with Gasteiger partial charge in [0.2, 0.25) is 11.8 Å². The second kappa shape index (κ2) is 18.3. The van der Waals surface area contributed by atoms with Crippen LogP contribution in [0.1, 0.15) is 78.4 Å². The van der Waals surface area contributed by atoms with Gasteiger partial charge in [0, 0.05) is 57.4 Å². The summed E-state index contributed by atoms with van der Waals surface area (Å²) >= 11 is 0. The summed E-state index contributed by atoms with van der Waals surface area (Å²) in [5.41, 5.74) is 4.01. The molecule has 4 aromatic carbocycles. The molecule has 0 aliphatic carbocycles. The highest BCUT2D eigenvalue weighted by atomic mass is 32.2. The van der Waals surface area contributed by atoms with Crippen LogP contribution in [0.15, 0.2) is 83.9 Å². The van der Waals surface area contributed by atoms with E-state index in [4.69, 9.17) is 4.74 Å². The van der Waals surface area contributed by atoms with E-state index in [0.29, 0.717) is 41.6 Å². The number of nitrogens with zero attached hydrogens (tertiary/aromatic N) is 7. The standard InChI is InChI=1S/C48H50FN9O7S/c1-3-54(2)66(63,64)53-42-13-11-40(49)45(39(42)26-50)65-36-9-12-41-38(25-36)48(62)58(29-51-41)35-7-5-34(6-8-35)56-22-16-30(17-23-56)27-55-20-18-31(19-21-55)32-4-10-37-33(24-32)28-57(47(37)61)43-14-15-44(59)52-46(43)60/h4-13,24-25,29-31,43,53H,3,14-23,27-28H2,1-2H3,(H,52,59,60). The maximum absolute atomic E-state index is 15.1. The Morgan fingerprint density at radius 2 is 1.67 bits per heavy atom. The van der Waals surface area contributed by atoms with Crippen molar-refractivity contribution in [2.24, 2.45) is 5.92 Å². The highest BCUT2D eigenvalue weighted by Gasteiger charge is 2.39. The normalized spacial score (nSPS) is 18.7. The van der Waals surface area contributed by atoms with E-state index in [1.54, 1.807) is 17.9 Å². The number of rotatable bonds is 12. The first kappa shape index (κ1) is 44.5. The van der Waals surface area contributed by atoms with Crippen LogP contribution in [-0.2, 0) is 26.3 Å². The van der Waals surface area contributed by atoms with Gasteiger partial charge in [-0.3, -0.25) is 33.8 Å². The van der Waals surface area contributed by atoms with Gasteiger partial charge in [-0.25, -0.2) is 9.37 Å². The van der Waals surface area contributed by atoms with E-state index in [1.165, 1.54) is 35.6 Å². The zero-order valence-corrected chi connectivity index (χ0v) is 37.5. The Morgan fingerprint density at radius 3 is 2.38 bits per heavy atom. The number of benzene rings is 4. The van der Waals surface area contributed by atoms with Gasteiger partial charge in [0.25, 0.3) is 11.5 Å². The second-order valence-electron chi connectivity index (χ2n) is 17.5. The number of nitriles is 1. The van der Waals surface area contributed by atoms with Crippen molar-refractivity contribution < 1.29 is 31.9 Å². The van der Waals surface area contributed by atoms with Crippen LogP contribution in [0.25, 0.3) is 16.6 Å². The third kappa shape index (κ3) is 8.85. The van der Waals surface area contributed by atoms with Gasteiger partial charge in [0.1, 0.15) is 29.8 Å². The number of fused-ring (bicyclic) bond motifs is 2. The number of nitrogens with one attached hydrogen (secondary N) is 2. The van der Waals surface area contributed by atoms with Gasteiger partial charge in [0.05, 0.1) is 22.3 Å². The number of carbonyl (C=O) groups is 3. The maximum atomic E-state index is 15.1. The van der Waals surface area contributed by atoms with E-state index in [2.05, 4.69) is 37.0 Å². The van der Waals surface area contributed by atoms with E-state index in [9.17, 15) is 32.9 Å². The lowest BCUT2D eigenvalue weighted by Gasteiger charge is -2.38. The minimum atomic E-state index is -4.02. The molecule has 2 N–H and O–H groups in total. The lowest BCUT2D eigenvalue weighted by molar-refractivity contribution is -0.136. The number of anilines is 2. The van der Waals surface area contributed by atoms with E-state index < -0.39 is 33.7 Å². The molecular formula is C48H50FN9O7S. The van der Waals surface area contributed by atoms with Crippen LogP contribution in [0.3, 0.4) is 0 Å². The van der Waals surface area contributed by atoms with Crippen molar-refractivity contribution in [1.82, 2.24) is 29.0 Å². The predicted octanol–water partition coefficient (Wildman–Crippen LogP) is 5.65. The van der Waals surface area contributed by atoms with Crippen molar-refractivity contribution in [3.05, 3.63) is 118 Å². The Morgan fingerprint density at radius 1 is 0.924 bits per heavy atom. The summed E-state index contributed by atoms with van der Waals surface area (Å²) in [5, 5.41) is 12.5. The van der Waals surface area contributed by atoms with Gasteiger partial charge in [-0.05, 0) is 129 Å². The Balaban J connectivity index is 0.787. The number of likely N-dealkylation sites (tertiary alicyclic amines) is 1. The van der Waals surface area contributed by atoms with Gasteiger partial charge < -0.3 is 19.4 Å². The van der Waals surface area contributed by atoms with Crippen molar-refractivity contribution in [1.29, 1.82) is 5.26 Å². The molecular weight excluding hydrogens is 866 g/mol. The largest absolute Gasteiger partial charge is 0.453 e. The highest BCUT2D eigenvalue weighted by Crippen LogP contribution is 2.36. The summed E-state index contributed by atoms with van der Waals surface area (Å²) in [4.78, 5) is 62.2. The summed E-state index contributed by atoms with van der Waals surface area (Å²) in [6.07, 6.45) is 6.27. The minimum Gasteiger partial charge on any atom is -0.453 e. The van der Waals surface area contributed by atoms with Gasteiger partial charge in [-0.2, -0.15) is 18.0 Å². The number of ether oxygens (including phenoxy) is 1. The molecule has 0 spiro atoms. The molecule has 3 saturated heterocycles. The average Bonchev–Trinajstić information content (AvgIpc) is 3.65. The summed E-state index contributed by atoms with van der Waals surface area (Å²) in [7, 11) is -2.65. The molecule has 4 aliphatic heterocycles. The molecule has 3 amide bonds. The summed E-state index contributed by atoms with van der Waals surface area (Å²) < 4.78 is 51.0. The first-order valence-corrected chi connectivity index (χ1v) is 23.8. The lowest BCUT2D eigenvalue weighted by atomic mass is 9.87. The molecule has 3 fully saturated rings. The summed E-state index contributed by atoms with van der Waals surface area (Å²) in [6.45, 7) is 7.13. The van der Waals surface area contributed by atoms with Crippen LogP contribution < -0.4 is 25.2 Å². The number of amides is 3. The fraction of sp³-hybridized carbons (Fsp3) is 0.375. The fourth-order valence-electron chi connectivity index (χ4n) is 9.57. The molecule has 5 heterocycles. The fourth-order valence-corrected chi connectivity index (χ4v) is 10.5. The first-order valence-electron chi connectivity index (χ1n) is 22.3. The van der Waals surface area contributed by atoms with Gasteiger partial charge in [-0.1, -0.05) is 19.1 Å². The van der Waals surface area contributed by atoms with Crippen molar-refractivity contribution in [3.63, 3.8) is 0 Å². The molecule has 342 valence electrons. The molecule has 1 unspecified atom stereocenters. The molecule has 5 aromatic rings. The predicted molar refractivity (Wildman–Crippen MR) is 245 cm³/mol. The third-order valence-corrected chi connectivity index (χ3v) is 15.1. The monoisotopic (exact) mass is 915 g/mol. The van der Waals surface area contributed by atoms with Crippen LogP contribution in [0.5, 0.6) is 11.5 Å². The van der Waals surface area contributed by atoms with Crippen LogP contribution in [0.4, 0.5) is 15.8 Å². The van der Waals surface area contributed by atoms with Crippen molar-refractivity contribution in [2.75, 3.05) is 55.9 Å². The van der Waals surface area contributed by atoms with Gasteiger partial charge >= 0.3 is 10.2 Å². The molecule has 1 atom stereocenters. The quantitative estimate of drug-likeness (QED) is 0.147. The van der Waals surface area contributed by atoms with Crippen molar-refractivity contribution >= 4 is 50.2 Å². The Hall–Kier alpha value is -6.68. The van der Waals surface area contributed by atoms with Crippen LogP contribution >= 0.6 is 0 Å². The Labute approximate surface area is 381 Å². The first-order chi connectivity index (χ1) is 31.8. The smallest absolute Gasteiger partial charge is 0.301 e. The van der Waals surface area contributed by atoms with E-state index >= 15 is 4.39 Å². The van der Waals surface area contributed by atoms with E-state index in [1.807, 2.05) is 36.4 Å². The molecule has 4 aliphatic rings. The number of hydrogen-bond donors (Lipinski definition) is 2. The number of carbonyl (C=O) groups excluding carboxylic acids is 3. The second-order valence-corrected chi connectivity index (χ2v) is 19.2. The molecule has 16 nitrogen and oxygen atoms in total. The number of halogens is 1. The number of aromatic nitrogens is 2. The molecule has 0 saturated carbocycles. The maximum Gasteiger partial charge on any atom is 0.301 e. The van der Waals surface area contributed by atoms with Crippen LogP contribution in [0, 0.1) is 23.1 Å². The lowest BCUT2D eigenvalue weighted by Crippen LogP contribution is -2.52. The minimum absolute atomic E-state index is 0.0564. The Bertz CT molecular complexity index is 2940. The topological polar surface area (TPSA) is 190 Å². The number of hydrogen-bond acceptors (Lipinski definition) is 11. The molecule has 1 aromatic heterocycles. The number of piperidine rings is 3. The summed E-state index contributed by atoms with van der Waals surface area (Å²) in [5.74, 6) is -1.15. The third-order valence-electron chi connectivity index (χ3n) is 13.5. The van der Waals surface area contributed by atoms with E-state index in [-0.39, 0.29) is 52.7 Å². The SMILES string of the molecule is CCN(C)S(=O)(=O)Nc1ccc(F)c(Oc2ccc3ncn(-c4ccc(N5CCC(CN6CCC(c7ccc8c(c7)CN(C7CCC(=O)NC7=O)C8=O)CC6)CC5)cc4)c(=O)c3c2)c1C#N. The van der Waals surface area contributed by atoms with E-state index in [0.717, 1.165) is 86.1 Å². The number of imide groups is 1. The Kier molecular flexibility index (Phi) is 12.3. The summed E-state index contributed by atoms with van der Waals surface area (Å²) in [6, 6.07) is 21.7. The molecule has 18 heteroatoms. The molecule has 66 heavy (non-hydrogen) atoms. The molecule has 0 radical (unpaired) electrons. The van der Waals surface area contributed by atoms with Crippen LogP contribution in [0.2, 0.25) is 0 Å². The van der Waals surface area contributed by atoms with Crippen molar-refractivity contribution in [3.8, 4) is 23.3 Å². The van der Waals surface area contributed by atoms with Gasteiger partial charge in [0.15, 0.2) is 11.6 Å². The zero-order valence-electron chi connectivity index (χ0n) is 36.7. The highest BCUT2D eigenvalue weighted by molar-refractivity contribution is 7.90. The van der Waals surface area contributed by atoms with Crippen molar-refractivity contribution in [2.45, 2.75) is 64.0 Å². The molecule has 0 bridgehead atoms. The average molecular weight is 916 g/mol. The molecule has 9 rings (SSSR count). The zero-order chi connectivity index (χ0) is 46.3. The van der Waals surface area contributed by atoms with Gasteiger partial charge in [-0.15, -0.1) is 0 Å². The van der Waals surface area contributed by atoms with Crippen LogP contribution in [-0.4, -0.2) is 102 Å².